The van der Waals surface area contributed by atoms with Gasteiger partial charge in [-0.05, 0) is 49.7 Å². The summed E-state index contributed by atoms with van der Waals surface area (Å²) >= 11 is 1.32. The van der Waals surface area contributed by atoms with E-state index in [0.29, 0.717) is 49.2 Å². The number of alkyl halides is 3. The molecule has 182 valence electrons. The lowest BCUT2D eigenvalue weighted by atomic mass is 10.1. The van der Waals surface area contributed by atoms with Gasteiger partial charge in [-0.25, -0.2) is 4.98 Å². The van der Waals surface area contributed by atoms with Gasteiger partial charge in [0.2, 0.25) is 0 Å². The Hall–Kier alpha value is -2.69. The third-order valence-electron chi connectivity index (χ3n) is 5.53. The van der Waals surface area contributed by atoms with E-state index in [1.54, 1.807) is 0 Å². The van der Waals surface area contributed by atoms with Crippen LogP contribution in [0, 0.1) is 0 Å². The average Bonchev–Trinajstić information content (AvgIpc) is 3.25. The molecule has 2 aromatic carbocycles. The van der Waals surface area contributed by atoms with Gasteiger partial charge in [-0.15, -0.1) is 0 Å². The quantitative estimate of drug-likeness (QED) is 0.438. The largest absolute Gasteiger partial charge is 0.494 e. The topological polar surface area (TPSA) is 54.9 Å². The first kappa shape index (κ1) is 24.4. The van der Waals surface area contributed by atoms with Crippen molar-refractivity contribution in [1.29, 1.82) is 0 Å². The van der Waals surface area contributed by atoms with E-state index in [1.165, 1.54) is 28.4 Å². The number of carbonyl (C=O) groups excluding carboxylic acids is 1. The molecule has 1 saturated heterocycles. The molecule has 1 aromatic heterocycles. The SMILES string of the molecule is CCOc1ccc2nc(N(CCCN3CCOCC3)C(=O)c3cccc(C(F)(F)F)c3)sc2c1. The summed E-state index contributed by atoms with van der Waals surface area (Å²) in [5, 5.41) is 0.452. The van der Waals surface area contributed by atoms with Crippen LogP contribution in [0.15, 0.2) is 42.5 Å². The Morgan fingerprint density at radius 2 is 2.00 bits per heavy atom. The van der Waals surface area contributed by atoms with Gasteiger partial charge in [0.25, 0.3) is 5.91 Å². The Morgan fingerprint density at radius 3 is 2.74 bits per heavy atom. The van der Waals surface area contributed by atoms with E-state index in [4.69, 9.17) is 9.47 Å². The molecule has 34 heavy (non-hydrogen) atoms. The second-order valence-corrected chi connectivity index (χ2v) is 8.91. The van der Waals surface area contributed by atoms with E-state index in [2.05, 4.69) is 9.88 Å². The molecule has 0 saturated carbocycles. The zero-order valence-electron chi connectivity index (χ0n) is 18.8. The third kappa shape index (κ3) is 5.86. The number of fused-ring (bicyclic) bond motifs is 1. The lowest BCUT2D eigenvalue weighted by Crippen LogP contribution is -2.39. The molecule has 0 unspecified atom stereocenters. The fraction of sp³-hybridized carbons (Fsp3) is 0.417. The Morgan fingerprint density at radius 1 is 1.21 bits per heavy atom. The summed E-state index contributed by atoms with van der Waals surface area (Å²) in [5.74, 6) is 0.199. The van der Waals surface area contributed by atoms with Gasteiger partial charge in [-0.3, -0.25) is 14.6 Å². The molecule has 0 radical (unpaired) electrons. The van der Waals surface area contributed by atoms with Crippen molar-refractivity contribution in [3.05, 3.63) is 53.6 Å². The van der Waals surface area contributed by atoms with Crippen LogP contribution in [0.3, 0.4) is 0 Å². The van der Waals surface area contributed by atoms with E-state index in [-0.39, 0.29) is 5.56 Å². The summed E-state index contributed by atoms with van der Waals surface area (Å²) in [4.78, 5) is 21.8. The van der Waals surface area contributed by atoms with Gasteiger partial charge in [-0.2, -0.15) is 13.2 Å². The van der Waals surface area contributed by atoms with Gasteiger partial charge < -0.3 is 9.47 Å². The lowest BCUT2D eigenvalue weighted by Gasteiger charge is -2.27. The normalized spacial score (nSPS) is 14.9. The molecule has 0 aliphatic carbocycles. The van der Waals surface area contributed by atoms with Gasteiger partial charge in [0.15, 0.2) is 5.13 Å². The number of nitrogens with zero attached hydrogens (tertiary/aromatic N) is 3. The van der Waals surface area contributed by atoms with Crippen molar-refractivity contribution in [3.63, 3.8) is 0 Å². The maximum atomic E-state index is 13.4. The van der Waals surface area contributed by atoms with Crippen molar-refractivity contribution < 1.29 is 27.4 Å². The predicted molar refractivity (Wildman–Crippen MR) is 126 cm³/mol. The number of carbonyl (C=O) groups is 1. The minimum Gasteiger partial charge on any atom is -0.494 e. The number of morpholine rings is 1. The van der Waals surface area contributed by atoms with Gasteiger partial charge in [0.1, 0.15) is 5.75 Å². The highest BCUT2D eigenvalue weighted by molar-refractivity contribution is 7.22. The van der Waals surface area contributed by atoms with Crippen LogP contribution in [0.25, 0.3) is 10.2 Å². The van der Waals surface area contributed by atoms with Crippen molar-refractivity contribution in [2.24, 2.45) is 0 Å². The second kappa shape index (κ2) is 10.7. The summed E-state index contributed by atoms with van der Waals surface area (Å²) in [6.45, 7) is 6.51. The standard InChI is InChI=1S/C24H26F3N3O3S/c1-2-33-19-7-8-20-21(16-19)34-23(28-20)30(10-4-9-29-11-13-32-14-12-29)22(31)17-5-3-6-18(15-17)24(25,26)27/h3,5-8,15-16H,2,4,9-14H2,1H3. The number of hydrogen-bond donors (Lipinski definition) is 0. The van der Waals surface area contributed by atoms with Crippen molar-refractivity contribution in [2.75, 3.05) is 50.9 Å². The zero-order valence-corrected chi connectivity index (χ0v) is 19.6. The summed E-state index contributed by atoms with van der Waals surface area (Å²) in [6, 6.07) is 10.0. The molecule has 3 aromatic rings. The molecule has 10 heteroatoms. The highest BCUT2D eigenvalue weighted by atomic mass is 32.1. The van der Waals surface area contributed by atoms with Crippen LogP contribution in [0.4, 0.5) is 18.3 Å². The third-order valence-corrected chi connectivity index (χ3v) is 6.57. The van der Waals surface area contributed by atoms with Crippen LogP contribution in [0.2, 0.25) is 0 Å². The molecule has 0 atom stereocenters. The average molecular weight is 494 g/mol. The first-order chi connectivity index (χ1) is 16.3. The van der Waals surface area contributed by atoms with E-state index in [0.717, 1.165) is 36.5 Å². The number of aromatic nitrogens is 1. The monoisotopic (exact) mass is 493 g/mol. The van der Waals surface area contributed by atoms with Crippen LogP contribution < -0.4 is 9.64 Å². The molecule has 6 nitrogen and oxygen atoms in total. The minimum atomic E-state index is -4.52. The zero-order chi connectivity index (χ0) is 24.1. The number of rotatable bonds is 8. The number of amides is 1. The number of ether oxygens (including phenoxy) is 2. The summed E-state index contributed by atoms with van der Waals surface area (Å²) in [5.41, 5.74) is -0.161. The van der Waals surface area contributed by atoms with Gasteiger partial charge in [0.05, 0.1) is 35.6 Å². The minimum absolute atomic E-state index is 0.0181. The summed E-state index contributed by atoms with van der Waals surface area (Å²) in [7, 11) is 0. The molecule has 2 heterocycles. The Bertz CT molecular complexity index is 1130. The van der Waals surface area contributed by atoms with Crippen LogP contribution in [0.1, 0.15) is 29.3 Å². The number of hydrogen-bond acceptors (Lipinski definition) is 6. The van der Waals surface area contributed by atoms with Crippen molar-refractivity contribution in [3.8, 4) is 5.75 Å². The molecule has 1 amide bonds. The van der Waals surface area contributed by atoms with Crippen LogP contribution in [0.5, 0.6) is 5.75 Å². The molecular weight excluding hydrogens is 467 g/mol. The maximum Gasteiger partial charge on any atom is 0.416 e. The molecule has 4 rings (SSSR count). The number of thiazole rings is 1. The first-order valence-electron chi connectivity index (χ1n) is 11.2. The van der Waals surface area contributed by atoms with Gasteiger partial charge in [0, 0.05) is 31.7 Å². The van der Waals surface area contributed by atoms with Crippen LogP contribution in [-0.4, -0.2) is 61.8 Å². The first-order valence-corrected chi connectivity index (χ1v) is 12.0. The molecule has 0 bridgehead atoms. The number of anilines is 1. The second-order valence-electron chi connectivity index (χ2n) is 7.90. The van der Waals surface area contributed by atoms with Gasteiger partial charge in [-0.1, -0.05) is 17.4 Å². The van der Waals surface area contributed by atoms with E-state index < -0.39 is 17.6 Å². The molecule has 1 aliphatic heterocycles. The fourth-order valence-corrected chi connectivity index (χ4v) is 4.83. The van der Waals surface area contributed by atoms with Crippen molar-refractivity contribution in [2.45, 2.75) is 19.5 Å². The maximum absolute atomic E-state index is 13.4. The molecule has 1 fully saturated rings. The molecule has 0 N–H and O–H groups in total. The van der Waals surface area contributed by atoms with Crippen LogP contribution in [-0.2, 0) is 10.9 Å². The predicted octanol–water partition coefficient (Wildman–Crippen LogP) is 5.08. The molecule has 0 spiro atoms. The van der Waals surface area contributed by atoms with E-state index in [1.807, 2.05) is 25.1 Å². The highest BCUT2D eigenvalue weighted by Crippen LogP contribution is 2.34. The number of benzene rings is 2. The van der Waals surface area contributed by atoms with E-state index in [9.17, 15) is 18.0 Å². The van der Waals surface area contributed by atoms with Gasteiger partial charge >= 0.3 is 6.18 Å². The fourth-order valence-electron chi connectivity index (χ4n) is 3.81. The summed E-state index contributed by atoms with van der Waals surface area (Å²) in [6.07, 6.45) is -3.87. The number of halogens is 3. The Kier molecular flexibility index (Phi) is 7.70. The Labute approximate surface area is 199 Å². The van der Waals surface area contributed by atoms with Crippen molar-refractivity contribution in [1.82, 2.24) is 9.88 Å². The molecular formula is C24H26F3N3O3S. The Balaban J connectivity index is 1.61. The van der Waals surface area contributed by atoms with E-state index >= 15 is 0 Å². The lowest BCUT2D eigenvalue weighted by molar-refractivity contribution is -0.137. The molecule has 1 aliphatic rings. The summed E-state index contributed by atoms with van der Waals surface area (Å²) < 4.78 is 51.5. The smallest absolute Gasteiger partial charge is 0.416 e. The highest BCUT2D eigenvalue weighted by Gasteiger charge is 2.32. The van der Waals surface area contributed by atoms with Crippen molar-refractivity contribution >= 4 is 32.6 Å². The van der Waals surface area contributed by atoms with Crippen LogP contribution >= 0.6 is 11.3 Å².